The number of aromatic nitrogens is 4. The second-order valence-electron chi connectivity index (χ2n) is 6.82. The molecule has 1 aliphatic rings. The summed E-state index contributed by atoms with van der Waals surface area (Å²) in [5.41, 5.74) is 3.25. The summed E-state index contributed by atoms with van der Waals surface area (Å²) < 4.78 is 1.86. The highest BCUT2D eigenvalue weighted by Crippen LogP contribution is 2.25. The SMILES string of the molecule is O=C(CCc1cnn(-c2ccccc2)c1)N1CCC[C@@H](c2ccn[nH]2)C1. The van der Waals surface area contributed by atoms with Crippen molar-refractivity contribution >= 4 is 5.91 Å². The van der Waals surface area contributed by atoms with E-state index in [-0.39, 0.29) is 5.91 Å². The summed E-state index contributed by atoms with van der Waals surface area (Å²) in [5.74, 6) is 0.595. The van der Waals surface area contributed by atoms with E-state index in [9.17, 15) is 4.79 Å². The Bertz CT molecular complexity index is 840. The van der Waals surface area contributed by atoms with Crippen LogP contribution in [0.25, 0.3) is 5.69 Å². The minimum atomic E-state index is 0.224. The van der Waals surface area contributed by atoms with Gasteiger partial charge >= 0.3 is 0 Å². The Labute approximate surface area is 152 Å². The molecule has 1 fully saturated rings. The molecule has 3 aromatic rings. The highest BCUT2D eigenvalue weighted by atomic mass is 16.2. The van der Waals surface area contributed by atoms with E-state index in [2.05, 4.69) is 15.3 Å². The fourth-order valence-electron chi connectivity index (χ4n) is 3.57. The molecule has 0 unspecified atom stereocenters. The molecule has 3 heterocycles. The van der Waals surface area contributed by atoms with Crippen LogP contribution in [0, 0.1) is 0 Å². The summed E-state index contributed by atoms with van der Waals surface area (Å²) in [6.07, 6.45) is 9.03. The van der Waals surface area contributed by atoms with Gasteiger partial charge in [-0.15, -0.1) is 0 Å². The van der Waals surface area contributed by atoms with Gasteiger partial charge in [0.1, 0.15) is 0 Å². The van der Waals surface area contributed by atoms with Crippen molar-refractivity contribution < 1.29 is 4.79 Å². The van der Waals surface area contributed by atoms with Crippen LogP contribution < -0.4 is 0 Å². The van der Waals surface area contributed by atoms with Crippen LogP contribution in [0.5, 0.6) is 0 Å². The molecule has 1 aliphatic heterocycles. The molecule has 134 valence electrons. The van der Waals surface area contributed by atoms with Gasteiger partial charge in [0, 0.05) is 43.5 Å². The third kappa shape index (κ3) is 3.69. The Morgan fingerprint density at radius 2 is 2.12 bits per heavy atom. The van der Waals surface area contributed by atoms with Crippen molar-refractivity contribution in [1.29, 1.82) is 0 Å². The van der Waals surface area contributed by atoms with Crippen molar-refractivity contribution in [3.63, 3.8) is 0 Å². The Morgan fingerprint density at radius 3 is 2.92 bits per heavy atom. The van der Waals surface area contributed by atoms with E-state index < -0.39 is 0 Å². The fraction of sp³-hybridized carbons (Fsp3) is 0.350. The number of carbonyl (C=O) groups excluding carboxylic acids is 1. The van der Waals surface area contributed by atoms with Crippen molar-refractivity contribution in [3.8, 4) is 5.69 Å². The van der Waals surface area contributed by atoms with Crippen LogP contribution in [0.3, 0.4) is 0 Å². The monoisotopic (exact) mass is 349 g/mol. The van der Waals surface area contributed by atoms with Crippen molar-refractivity contribution in [3.05, 3.63) is 66.2 Å². The lowest BCUT2D eigenvalue weighted by Crippen LogP contribution is -2.39. The smallest absolute Gasteiger partial charge is 0.222 e. The van der Waals surface area contributed by atoms with E-state index in [0.29, 0.717) is 12.3 Å². The zero-order chi connectivity index (χ0) is 17.8. The molecule has 1 aromatic carbocycles. The standard InChI is InChI=1S/C20H23N5O/c26-20(24-12-4-5-17(15-24)19-10-11-21-23-19)9-8-16-13-22-25(14-16)18-6-2-1-3-7-18/h1-3,6-7,10-11,13-14,17H,4-5,8-9,12,15H2,(H,21,23)/t17-/m1/s1. The van der Waals surface area contributed by atoms with E-state index in [1.807, 2.05) is 58.4 Å². The normalized spacial score (nSPS) is 17.4. The van der Waals surface area contributed by atoms with Gasteiger partial charge in [0.2, 0.25) is 5.91 Å². The quantitative estimate of drug-likeness (QED) is 0.770. The number of nitrogens with one attached hydrogen (secondary N) is 1. The van der Waals surface area contributed by atoms with E-state index in [1.165, 1.54) is 0 Å². The van der Waals surface area contributed by atoms with Crippen molar-refractivity contribution in [2.45, 2.75) is 31.6 Å². The minimum Gasteiger partial charge on any atom is -0.342 e. The highest BCUT2D eigenvalue weighted by molar-refractivity contribution is 5.76. The zero-order valence-corrected chi connectivity index (χ0v) is 14.7. The van der Waals surface area contributed by atoms with Gasteiger partial charge in [0.15, 0.2) is 0 Å². The van der Waals surface area contributed by atoms with Gasteiger partial charge in [-0.05, 0) is 43.0 Å². The van der Waals surface area contributed by atoms with Crippen molar-refractivity contribution in [2.75, 3.05) is 13.1 Å². The number of aryl methyl sites for hydroxylation is 1. The average Bonchev–Trinajstić information content (AvgIpc) is 3.39. The number of piperidine rings is 1. The number of aromatic amines is 1. The molecular formula is C20H23N5O. The lowest BCUT2D eigenvalue weighted by atomic mass is 9.94. The average molecular weight is 349 g/mol. The summed E-state index contributed by atoms with van der Waals surface area (Å²) >= 11 is 0. The molecule has 0 bridgehead atoms. The van der Waals surface area contributed by atoms with Crippen molar-refractivity contribution in [1.82, 2.24) is 24.9 Å². The van der Waals surface area contributed by atoms with Gasteiger partial charge in [-0.2, -0.15) is 10.2 Å². The summed E-state index contributed by atoms with van der Waals surface area (Å²) in [6.45, 7) is 1.64. The fourth-order valence-corrected chi connectivity index (χ4v) is 3.57. The Morgan fingerprint density at radius 1 is 1.23 bits per heavy atom. The first-order valence-corrected chi connectivity index (χ1v) is 9.15. The molecule has 2 aromatic heterocycles. The number of para-hydroxylation sites is 1. The number of nitrogens with zero attached hydrogens (tertiary/aromatic N) is 4. The molecule has 6 heteroatoms. The molecule has 1 atom stereocenters. The largest absolute Gasteiger partial charge is 0.342 e. The number of amides is 1. The maximum absolute atomic E-state index is 12.6. The maximum Gasteiger partial charge on any atom is 0.222 e. The van der Waals surface area contributed by atoms with Crippen LogP contribution in [-0.2, 0) is 11.2 Å². The number of rotatable bonds is 5. The van der Waals surface area contributed by atoms with Crippen LogP contribution in [0.4, 0.5) is 0 Å². The molecule has 6 nitrogen and oxygen atoms in total. The molecule has 26 heavy (non-hydrogen) atoms. The Balaban J connectivity index is 1.33. The number of benzene rings is 1. The van der Waals surface area contributed by atoms with E-state index in [1.54, 1.807) is 6.20 Å². The number of hydrogen-bond donors (Lipinski definition) is 1. The summed E-state index contributed by atoms with van der Waals surface area (Å²) in [6, 6.07) is 12.0. The van der Waals surface area contributed by atoms with Gasteiger partial charge in [0.25, 0.3) is 0 Å². The van der Waals surface area contributed by atoms with Crippen LogP contribution in [0.2, 0.25) is 0 Å². The molecule has 0 saturated carbocycles. The van der Waals surface area contributed by atoms with Gasteiger partial charge in [0.05, 0.1) is 11.9 Å². The van der Waals surface area contributed by atoms with Gasteiger partial charge in [-0.25, -0.2) is 4.68 Å². The van der Waals surface area contributed by atoms with E-state index >= 15 is 0 Å². The third-order valence-corrected chi connectivity index (χ3v) is 5.02. The number of carbonyl (C=O) groups is 1. The summed E-state index contributed by atoms with van der Waals surface area (Å²) in [5, 5.41) is 11.5. The van der Waals surface area contributed by atoms with Gasteiger partial charge < -0.3 is 4.90 Å². The van der Waals surface area contributed by atoms with Crippen LogP contribution in [0.1, 0.15) is 36.4 Å². The number of likely N-dealkylation sites (tertiary alicyclic amines) is 1. The molecule has 0 spiro atoms. The minimum absolute atomic E-state index is 0.224. The third-order valence-electron chi connectivity index (χ3n) is 5.02. The van der Waals surface area contributed by atoms with Gasteiger partial charge in [-0.1, -0.05) is 18.2 Å². The Kier molecular flexibility index (Phi) is 4.82. The van der Waals surface area contributed by atoms with E-state index in [0.717, 1.165) is 49.3 Å². The molecule has 4 rings (SSSR count). The summed E-state index contributed by atoms with van der Waals surface area (Å²) in [7, 11) is 0. The number of H-pyrrole nitrogens is 1. The molecule has 1 amide bonds. The zero-order valence-electron chi connectivity index (χ0n) is 14.7. The Hall–Kier alpha value is -2.89. The van der Waals surface area contributed by atoms with Gasteiger partial charge in [-0.3, -0.25) is 9.89 Å². The van der Waals surface area contributed by atoms with Crippen LogP contribution in [-0.4, -0.2) is 43.9 Å². The second-order valence-corrected chi connectivity index (χ2v) is 6.82. The summed E-state index contributed by atoms with van der Waals surface area (Å²) in [4.78, 5) is 14.6. The topological polar surface area (TPSA) is 66.8 Å². The lowest BCUT2D eigenvalue weighted by Gasteiger charge is -2.32. The molecule has 1 N–H and O–H groups in total. The first kappa shape index (κ1) is 16.6. The molecular weight excluding hydrogens is 326 g/mol. The predicted octanol–water partition coefficient (Wildman–Crippen LogP) is 2.93. The molecule has 0 aliphatic carbocycles. The van der Waals surface area contributed by atoms with Crippen molar-refractivity contribution in [2.24, 2.45) is 0 Å². The highest BCUT2D eigenvalue weighted by Gasteiger charge is 2.25. The van der Waals surface area contributed by atoms with Crippen LogP contribution >= 0.6 is 0 Å². The molecule has 1 saturated heterocycles. The molecule has 0 radical (unpaired) electrons. The maximum atomic E-state index is 12.6. The first-order valence-electron chi connectivity index (χ1n) is 9.15. The lowest BCUT2D eigenvalue weighted by molar-refractivity contribution is -0.132. The van der Waals surface area contributed by atoms with E-state index in [4.69, 9.17) is 0 Å². The predicted molar refractivity (Wildman–Crippen MR) is 99.0 cm³/mol. The van der Waals surface area contributed by atoms with Crippen LogP contribution in [0.15, 0.2) is 55.0 Å². The first-order chi connectivity index (χ1) is 12.8. The number of hydrogen-bond acceptors (Lipinski definition) is 3. The second kappa shape index (κ2) is 7.56.